The van der Waals surface area contributed by atoms with E-state index < -0.39 is 22.5 Å². The molecule has 4 aliphatic rings. The molecule has 0 saturated heterocycles. The summed E-state index contributed by atoms with van der Waals surface area (Å²) in [5.41, 5.74) is 0.135. The zero-order valence-electron chi connectivity index (χ0n) is 18.8. The molecule has 0 aromatic heterocycles. The van der Waals surface area contributed by atoms with E-state index in [9.17, 15) is 18.0 Å². The summed E-state index contributed by atoms with van der Waals surface area (Å²) in [6, 6.07) is 0. The molecule has 4 saturated carbocycles. The molecule has 0 aromatic carbocycles. The molecule has 0 spiro atoms. The molecule has 0 amide bonds. The fraction of sp³-hybridized carbons (Fsp3) is 0.913. The maximum atomic E-state index is 12.9. The third-order valence-corrected chi connectivity index (χ3v) is 10.2. The number of fused-ring (bicyclic) bond motifs is 5. The Balaban J connectivity index is 1.48. The van der Waals surface area contributed by atoms with Crippen molar-refractivity contribution in [3.63, 3.8) is 0 Å². The van der Waals surface area contributed by atoms with E-state index in [1.54, 1.807) is 0 Å². The molecule has 31 heavy (non-hydrogen) atoms. The summed E-state index contributed by atoms with van der Waals surface area (Å²) in [5, 5.41) is 0. The molecule has 7 nitrogen and oxygen atoms in total. The van der Waals surface area contributed by atoms with E-state index in [2.05, 4.69) is 13.8 Å². The van der Waals surface area contributed by atoms with Crippen LogP contribution in [0.2, 0.25) is 0 Å². The summed E-state index contributed by atoms with van der Waals surface area (Å²) < 4.78 is 41.4. The highest BCUT2D eigenvalue weighted by atomic mass is 32.3. The number of rotatable bonds is 5. The van der Waals surface area contributed by atoms with Gasteiger partial charge in [-0.3, -0.25) is 14.1 Å². The number of esters is 1. The average molecular weight is 457 g/mol. The fourth-order valence-corrected chi connectivity index (χ4v) is 8.80. The van der Waals surface area contributed by atoms with E-state index in [0.29, 0.717) is 36.5 Å². The molecular formula is C23H36O7S. The number of hydrogen-bond donors (Lipinski definition) is 1. The van der Waals surface area contributed by atoms with Crippen LogP contribution in [0.15, 0.2) is 0 Å². The molecule has 1 N–H and O–H groups in total. The summed E-state index contributed by atoms with van der Waals surface area (Å²) in [5.74, 6) is 1.73. The topological polar surface area (TPSA) is 107 Å². The third-order valence-electron chi connectivity index (χ3n) is 9.68. The van der Waals surface area contributed by atoms with Crippen LogP contribution in [0.1, 0.15) is 78.6 Å². The lowest BCUT2D eigenvalue weighted by atomic mass is 9.44. The van der Waals surface area contributed by atoms with Crippen LogP contribution in [-0.2, 0) is 28.9 Å². The molecule has 0 aromatic rings. The lowest BCUT2D eigenvalue weighted by Crippen LogP contribution is -2.54. The van der Waals surface area contributed by atoms with Gasteiger partial charge in [-0.15, -0.1) is 0 Å². The first-order valence-electron chi connectivity index (χ1n) is 11.8. The van der Waals surface area contributed by atoms with Crippen molar-refractivity contribution < 1.29 is 31.5 Å². The van der Waals surface area contributed by atoms with Gasteiger partial charge in [0.05, 0.1) is 6.10 Å². The zero-order valence-corrected chi connectivity index (χ0v) is 19.7. The van der Waals surface area contributed by atoms with Gasteiger partial charge < -0.3 is 4.74 Å². The van der Waals surface area contributed by atoms with E-state index >= 15 is 0 Å². The van der Waals surface area contributed by atoms with Gasteiger partial charge in [0.25, 0.3) is 0 Å². The predicted octanol–water partition coefficient (Wildman–Crippen LogP) is 3.97. The van der Waals surface area contributed by atoms with E-state index in [1.807, 2.05) is 0 Å². The maximum Gasteiger partial charge on any atom is 0.397 e. The summed E-state index contributed by atoms with van der Waals surface area (Å²) in [6.07, 6.45) is 8.03. The minimum Gasteiger partial charge on any atom is -0.458 e. The summed E-state index contributed by atoms with van der Waals surface area (Å²) >= 11 is 0. The zero-order chi connectivity index (χ0) is 22.6. The highest BCUT2D eigenvalue weighted by molar-refractivity contribution is 7.80. The van der Waals surface area contributed by atoms with Crippen molar-refractivity contribution in [2.45, 2.75) is 84.7 Å². The molecule has 176 valence electrons. The van der Waals surface area contributed by atoms with Crippen LogP contribution in [0.25, 0.3) is 0 Å². The lowest BCUT2D eigenvalue weighted by Gasteiger charge is -2.61. The van der Waals surface area contributed by atoms with Crippen molar-refractivity contribution in [2.24, 2.45) is 40.4 Å². The lowest BCUT2D eigenvalue weighted by molar-refractivity contribution is -0.151. The van der Waals surface area contributed by atoms with Gasteiger partial charge in [-0.2, -0.15) is 8.42 Å². The molecule has 4 rings (SSSR count). The Kier molecular flexibility index (Phi) is 6.06. The maximum absolute atomic E-state index is 12.9. The van der Waals surface area contributed by atoms with E-state index in [-0.39, 0.29) is 29.1 Å². The molecule has 4 fully saturated rings. The van der Waals surface area contributed by atoms with Gasteiger partial charge in [-0.25, -0.2) is 4.18 Å². The van der Waals surface area contributed by atoms with E-state index in [1.165, 1.54) is 6.92 Å². The minimum absolute atomic E-state index is 0.0210. The van der Waals surface area contributed by atoms with Crippen molar-refractivity contribution >= 4 is 22.2 Å². The van der Waals surface area contributed by atoms with Crippen molar-refractivity contribution in [2.75, 3.05) is 6.61 Å². The predicted molar refractivity (Wildman–Crippen MR) is 113 cm³/mol. The van der Waals surface area contributed by atoms with Crippen molar-refractivity contribution in [3.8, 4) is 0 Å². The van der Waals surface area contributed by atoms with E-state index in [4.69, 9.17) is 13.5 Å². The van der Waals surface area contributed by atoms with Crippen LogP contribution in [0, 0.1) is 40.4 Å². The molecule has 0 radical (unpaired) electrons. The van der Waals surface area contributed by atoms with Crippen LogP contribution < -0.4 is 0 Å². The highest BCUT2D eigenvalue weighted by Crippen LogP contribution is 2.67. The van der Waals surface area contributed by atoms with Crippen LogP contribution in [0.3, 0.4) is 0 Å². The molecule has 0 bridgehead atoms. The average Bonchev–Trinajstić information content (AvgIpc) is 3.02. The normalized spacial score (nSPS) is 44.6. The van der Waals surface area contributed by atoms with Gasteiger partial charge >= 0.3 is 16.4 Å². The van der Waals surface area contributed by atoms with E-state index in [0.717, 1.165) is 44.9 Å². The van der Waals surface area contributed by atoms with Crippen LogP contribution in [0.4, 0.5) is 0 Å². The first kappa shape index (κ1) is 23.2. The monoisotopic (exact) mass is 456 g/mol. The van der Waals surface area contributed by atoms with Gasteiger partial charge in [0.2, 0.25) is 0 Å². The number of Topliss-reactive ketones (excluding diaryl/α,β-unsaturated/α-hetero) is 1. The molecule has 8 atom stereocenters. The Bertz CT molecular complexity index is 839. The Labute approximate surface area is 185 Å². The molecule has 4 aliphatic carbocycles. The highest BCUT2D eigenvalue weighted by Gasteiger charge is 2.61. The quantitative estimate of drug-likeness (QED) is 0.493. The van der Waals surface area contributed by atoms with Gasteiger partial charge in [0.1, 0.15) is 6.61 Å². The molecule has 0 heterocycles. The first-order chi connectivity index (χ1) is 14.4. The number of carbonyl (C=O) groups is 2. The number of carbonyl (C=O) groups excluding carboxylic acids is 2. The largest absolute Gasteiger partial charge is 0.458 e. The standard InChI is InChI=1S/C23H36O7S/c1-14(24)29-13-21(25)20-7-6-18-17-5-4-15-12-16(30-31(26,27)28)8-10-22(15,2)19(17)9-11-23(18,20)3/h15-20H,4-13H2,1-3H3,(H,26,27,28)/t15-,16-,17+,18-,19+,20+,22+,23-/m1/s1. The van der Waals surface area contributed by atoms with Gasteiger partial charge in [-0.1, -0.05) is 13.8 Å². The SMILES string of the molecule is CC(=O)OCC(=O)[C@@H]1CC[C@@H]2[C@@H]3CC[C@@H]4C[C@H](OS(=O)(=O)O)CC[C@]4(C)[C@H]3CC[C@]21C. The van der Waals surface area contributed by atoms with Gasteiger partial charge in [0.15, 0.2) is 5.78 Å². The van der Waals surface area contributed by atoms with Gasteiger partial charge in [-0.05, 0) is 92.3 Å². The van der Waals surface area contributed by atoms with Crippen LogP contribution >= 0.6 is 0 Å². The van der Waals surface area contributed by atoms with Crippen LogP contribution in [0.5, 0.6) is 0 Å². The smallest absolute Gasteiger partial charge is 0.397 e. The Morgan fingerprint density at radius 1 is 0.968 bits per heavy atom. The Morgan fingerprint density at radius 3 is 2.32 bits per heavy atom. The Hall–Kier alpha value is -0.990. The molecule has 0 unspecified atom stereocenters. The number of hydrogen-bond acceptors (Lipinski definition) is 6. The third kappa shape index (κ3) is 4.20. The Morgan fingerprint density at radius 2 is 1.65 bits per heavy atom. The van der Waals surface area contributed by atoms with Crippen molar-refractivity contribution in [1.29, 1.82) is 0 Å². The summed E-state index contributed by atoms with van der Waals surface area (Å²) in [4.78, 5) is 24.0. The number of ketones is 1. The second kappa shape index (κ2) is 8.10. The summed E-state index contributed by atoms with van der Waals surface area (Å²) in [6.45, 7) is 5.89. The van der Waals surface area contributed by atoms with Crippen molar-refractivity contribution in [1.82, 2.24) is 0 Å². The minimum atomic E-state index is -4.41. The van der Waals surface area contributed by atoms with Gasteiger partial charge in [0, 0.05) is 12.8 Å². The molecule has 0 aliphatic heterocycles. The van der Waals surface area contributed by atoms with Crippen LogP contribution in [-0.4, -0.2) is 37.4 Å². The fourth-order valence-electron chi connectivity index (χ4n) is 8.28. The molecule has 8 heteroatoms. The first-order valence-corrected chi connectivity index (χ1v) is 13.1. The molecular weight excluding hydrogens is 420 g/mol. The second-order valence-electron chi connectivity index (χ2n) is 11.0. The van der Waals surface area contributed by atoms with Crippen molar-refractivity contribution in [3.05, 3.63) is 0 Å². The second-order valence-corrected chi connectivity index (χ2v) is 12.0. The number of ether oxygens (including phenoxy) is 1. The summed E-state index contributed by atoms with van der Waals surface area (Å²) in [7, 11) is -4.41.